The molecule has 0 saturated carbocycles. The second-order valence-electron chi connectivity index (χ2n) is 5.90. The summed E-state index contributed by atoms with van der Waals surface area (Å²) in [6.07, 6.45) is 0. The number of aromatic nitrogens is 2. The molecule has 128 valence electrons. The lowest BCUT2D eigenvalue weighted by molar-refractivity contribution is 0.0746. The van der Waals surface area contributed by atoms with E-state index in [0.717, 1.165) is 24.6 Å². The number of hydrogen-bond acceptors (Lipinski definition) is 4. The fourth-order valence-electron chi connectivity index (χ4n) is 2.94. The van der Waals surface area contributed by atoms with Crippen molar-refractivity contribution in [2.75, 3.05) is 31.1 Å². The molecule has 0 atom stereocenters. The van der Waals surface area contributed by atoms with Crippen molar-refractivity contribution in [1.29, 1.82) is 0 Å². The average molecular weight is 373 g/mol. The van der Waals surface area contributed by atoms with Crippen LogP contribution in [0.2, 0.25) is 5.02 Å². The highest BCUT2D eigenvalue weighted by molar-refractivity contribution is 7.13. The number of halogens is 1. The van der Waals surface area contributed by atoms with Crippen molar-refractivity contribution in [3.05, 3.63) is 58.4 Å². The first-order chi connectivity index (χ1) is 12.2. The number of benzene rings is 1. The fourth-order valence-corrected chi connectivity index (χ4v) is 3.76. The summed E-state index contributed by atoms with van der Waals surface area (Å²) in [6.45, 7) is 2.91. The molecule has 2 aromatic heterocycles. The van der Waals surface area contributed by atoms with E-state index in [-0.39, 0.29) is 5.91 Å². The largest absolute Gasteiger partial charge is 0.352 e. The molecule has 0 aliphatic carbocycles. The number of hydrogen-bond donors (Lipinski definition) is 1. The van der Waals surface area contributed by atoms with E-state index in [1.165, 1.54) is 4.88 Å². The summed E-state index contributed by atoms with van der Waals surface area (Å²) in [7, 11) is 0. The maximum absolute atomic E-state index is 12.6. The standard InChI is InChI=1S/C18H17ClN4OS/c19-14-5-3-13(4-6-14)18(24)23-9-7-22(8-10-23)17-12-15(20-21-17)16-2-1-11-25-16/h1-6,11-12H,7-10H2,(H,20,21). The van der Waals surface area contributed by atoms with Crippen LogP contribution in [0.25, 0.3) is 10.6 Å². The van der Waals surface area contributed by atoms with Crippen LogP contribution in [-0.2, 0) is 0 Å². The predicted octanol–water partition coefficient (Wildman–Crippen LogP) is 3.75. The monoisotopic (exact) mass is 372 g/mol. The molecule has 0 unspecified atom stereocenters. The van der Waals surface area contributed by atoms with Crippen LogP contribution < -0.4 is 4.90 Å². The van der Waals surface area contributed by atoms with Crippen LogP contribution in [0.1, 0.15) is 10.4 Å². The highest BCUT2D eigenvalue weighted by atomic mass is 35.5. The van der Waals surface area contributed by atoms with E-state index in [1.807, 2.05) is 11.0 Å². The molecule has 0 bridgehead atoms. The van der Waals surface area contributed by atoms with Crippen LogP contribution in [0.5, 0.6) is 0 Å². The fraction of sp³-hybridized carbons (Fsp3) is 0.222. The third-order valence-corrected chi connectivity index (χ3v) is 5.49. The molecule has 1 aliphatic rings. The highest BCUT2D eigenvalue weighted by Gasteiger charge is 2.23. The molecule has 1 N–H and O–H groups in total. The molecule has 7 heteroatoms. The van der Waals surface area contributed by atoms with Crippen molar-refractivity contribution in [2.45, 2.75) is 0 Å². The van der Waals surface area contributed by atoms with Crippen molar-refractivity contribution in [2.24, 2.45) is 0 Å². The van der Waals surface area contributed by atoms with Crippen molar-refractivity contribution in [1.82, 2.24) is 15.1 Å². The number of nitrogens with one attached hydrogen (secondary N) is 1. The summed E-state index contributed by atoms with van der Waals surface area (Å²) in [6, 6.07) is 13.2. The van der Waals surface area contributed by atoms with Gasteiger partial charge in [-0.05, 0) is 35.7 Å². The Kier molecular flexibility index (Phi) is 4.46. The summed E-state index contributed by atoms with van der Waals surface area (Å²) in [5, 5.41) is 10.2. The minimum atomic E-state index is 0.0534. The SMILES string of the molecule is O=C(c1ccc(Cl)cc1)N1CCN(c2cc(-c3cccs3)[nH]n2)CC1. The molecule has 4 rings (SSSR count). The molecule has 3 heterocycles. The second-order valence-corrected chi connectivity index (χ2v) is 7.29. The van der Waals surface area contributed by atoms with Crippen LogP contribution >= 0.6 is 22.9 Å². The quantitative estimate of drug-likeness (QED) is 0.761. The number of aromatic amines is 1. The van der Waals surface area contributed by atoms with Gasteiger partial charge in [0.05, 0.1) is 10.6 Å². The van der Waals surface area contributed by atoms with Gasteiger partial charge in [-0.3, -0.25) is 9.89 Å². The molecule has 0 radical (unpaired) electrons. The number of carbonyl (C=O) groups is 1. The normalized spacial score (nSPS) is 14.8. The van der Waals surface area contributed by atoms with Crippen LogP contribution in [-0.4, -0.2) is 47.2 Å². The number of H-pyrrole nitrogens is 1. The second kappa shape index (κ2) is 6.90. The first kappa shape index (κ1) is 16.2. The number of thiophene rings is 1. The molecule has 25 heavy (non-hydrogen) atoms. The van der Waals surface area contributed by atoms with E-state index in [0.29, 0.717) is 23.7 Å². The van der Waals surface area contributed by atoms with Crippen LogP contribution in [0, 0.1) is 0 Å². The Morgan fingerprint density at radius 1 is 1.12 bits per heavy atom. The molecule has 1 fully saturated rings. The van der Waals surface area contributed by atoms with Crippen molar-refractivity contribution < 1.29 is 4.79 Å². The van der Waals surface area contributed by atoms with Crippen molar-refractivity contribution in [3.8, 4) is 10.6 Å². The minimum absolute atomic E-state index is 0.0534. The third kappa shape index (κ3) is 3.41. The number of rotatable bonds is 3. The van der Waals surface area contributed by atoms with E-state index in [2.05, 4.69) is 32.6 Å². The van der Waals surface area contributed by atoms with Crippen LogP contribution in [0.3, 0.4) is 0 Å². The van der Waals surface area contributed by atoms with Gasteiger partial charge in [-0.1, -0.05) is 17.7 Å². The molecule has 0 spiro atoms. The Balaban J connectivity index is 1.40. The summed E-state index contributed by atoms with van der Waals surface area (Å²) >= 11 is 7.57. The Bertz CT molecular complexity index is 852. The maximum atomic E-state index is 12.6. The van der Waals surface area contributed by atoms with Gasteiger partial charge >= 0.3 is 0 Å². The van der Waals surface area contributed by atoms with Gasteiger partial charge in [0.2, 0.25) is 0 Å². The Morgan fingerprint density at radius 3 is 2.56 bits per heavy atom. The first-order valence-electron chi connectivity index (χ1n) is 8.10. The number of amides is 1. The van der Waals surface area contributed by atoms with E-state index < -0.39 is 0 Å². The number of anilines is 1. The summed E-state index contributed by atoms with van der Waals surface area (Å²) < 4.78 is 0. The van der Waals surface area contributed by atoms with E-state index in [9.17, 15) is 4.79 Å². The zero-order chi connectivity index (χ0) is 17.2. The van der Waals surface area contributed by atoms with Gasteiger partial charge in [0.15, 0.2) is 5.82 Å². The Labute approximate surface area is 154 Å². The summed E-state index contributed by atoms with van der Waals surface area (Å²) in [4.78, 5) is 17.8. The van der Waals surface area contributed by atoms with Crippen LogP contribution in [0.4, 0.5) is 5.82 Å². The van der Waals surface area contributed by atoms with Crippen molar-refractivity contribution in [3.63, 3.8) is 0 Å². The average Bonchev–Trinajstić information content (AvgIpc) is 3.33. The van der Waals surface area contributed by atoms with E-state index >= 15 is 0 Å². The smallest absolute Gasteiger partial charge is 0.253 e. The highest BCUT2D eigenvalue weighted by Crippen LogP contribution is 2.26. The zero-order valence-electron chi connectivity index (χ0n) is 13.5. The topological polar surface area (TPSA) is 52.2 Å². The molecular formula is C18H17ClN4OS. The molecule has 3 aromatic rings. The van der Waals surface area contributed by atoms with Crippen LogP contribution in [0.15, 0.2) is 47.8 Å². The lowest BCUT2D eigenvalue weighted by Crippen LogP contribution is -2.48. The lowest BCUT2D eigenvalue weighted by atomic mass is 10.2. The zero-order valence-corrected chi connectivity index (χ0v) is 15.1. The van der Waals surface area contributed by atoms with Gasteiger partial charge in [0, 0.05) is 42.8 Å². The van der Waals surface area contributed by atoms with E-state index in [4.69, 9.17) is 11.6 Å². The van der Waals surface area contributed by atoms with Gasteiger partial charge in [-0.15, -0.1) is 11.3 Å². The molecule has 5 nitrogen and oxygen atoms in total. The molecule has 1 aromatic carbocycles. The molecular weight excluding hydrogens is 356 g/mol. The van der Waals surface area contributed by atoms with Gasteiger partial charge in [0.25, 0.3) is 5.91 Å². The minimum Gasteiger partial charge on any atom is -0.352 e. The first-order valence-corrected chi connectivity index (χ1v) is 9.35. The summed E-state index contributed by atoms with van der Waals surface area (Å²) in [5.74, 6) is 0.986. The molecule has 1 aliphatic heterocycles. The maximum Gasteiger partial charge on any atom is 0.253 e. The van der Waals surface area contributed by atoms with Crippen molar-refractivity contribution >= 4 is 34.7 Å². The molecule has 1 amide bonds. The molecule has 1 saturated heterocycles. The lowest BCUT2D eigenvalue weighted by Gasteiger charge is -2.34. The third-order valence-electron chi connectivity index (χ3n) is 4.33. The van der Waals surface area contributed by atoms with Gasteiger partial charge in [0.1, 0.15) is 0 Å². The van der Waals surface area contributed by atoms with Gasteiger partial charge in [-0.2, -0.15) is 5.10 Å². The Morgan fingerprint density at radius 2 is 1.88 bits per heavy atom. The van der Waals surface area contributed by atoms with Gasteiger partial charge in [-0.25, -0.2) is 0 Å². The summed E-state index contributed by atoms with van der Waals surface area (Å²) in [5.41, 5.74) is 1.71. The predicted molar refractivity (Wildman–Crippen MR) is 101 cm³/mol. The van der Waals surface area contributed by atoms with E-state index in [1.54, 1.807) is 35.6 Å². The Hall–Kier alpha value is -2.31. The number of piperazine rings is 1. The van der Waals surface area contributed by atoms with Gasteiger partial charge < -0.3 is 9.80 Å². The number of carbonyl (C=O) groups excluding carboxylic acids is 1. The number of nitrogens with zero attached hydrogens (tertiary/aromatic N) is 3.